The van der Waals surface area contributed by atoms with E-state index in [-0.39, 0.29) is 0 Å². The third-order valence-corrected chi connectivity index (χ3v) is 4.89. The van der Waals surface area contributed by atoms with Gasteiger partial charge in [-0.2, -0.15) is 17.0 Å². The first kappa shape index (κ1) is 15.7. The minimum absolute atomic E-state index is 0.513. The predicted octanol–water partition coefficient (Wildman–Crippen LogP) is 2.51. The number of nitrogens with one attached hydrogen (secondary N) is 2. The molecule has 0 amide bonds. The van der Waals surface area contributed by atoms with Gasteiger partial charge in [0.2, 0.25) is 0 Å². The van der Waals surface area contributed by atoms with Crippen LogP contribution in [0, 0.1) is 11.3 Å². The van der Waals surface area contributed by atoms with Crippen molar-refractivity contribution in [2.45, 2.75) is 37.1 Å². The Hall–Kier alpha value is -1.67. The molecule has 1 aliphatic rings. The van der Waals surface area contributed by atoms with Crippen molar-refractivity contribution in [2.24, 2.45) is 4.99 Å². The highest BCUT2D eigenvalue weighted by molar-refractivity contribution is 7.99. The molecule has 21 heavy (non-hydrogen) atoms. The molecule has 112 valence electrons. The Balaban J connectivity index is 1.84. The molecule has 0 radical (unpaired) electrons. The minimum Gasteiger partial charge on any atom is -0.354 e. The largest absolute Gasteiger partial charge is 0.354 e. The van der Waals surface area contributed by atoms with Crippen LogP contribution in [-0.2, 0) is 6.54 Å². The fourth-order valence-corrected chi connectivity index (χ4v) is 3.41. The van der Waals surface area contributed by atoms with Gasteiger partial charge in [0.25, 0.3) is 0 Å². The quantitative estimate of drug-likeness (QED) is 0.663. The van der Waals surface area contributed by atoms with Gasteiger partial charge in [-0.05, 0) is 43.2 Å². The molecule has 1 fully saturated rings. The summed E-state index contributed by atoms with van der Waals surface area (Å²) in [6, 6.07) is 10.3. The van der Waals surface area contributed by atoms with E-state index in [1.54, 1.807) is 7.05 Å². The highest BCUT2D eigenvalue weighted by Crippen LogP contribution is 2.27. The second-order valence-corrected chi connectivity index (χ2v) is 6.39. The van der Waals surface area contributed by atoms with Crippen LogP contribution in [0.25, 0.3) is 0 Å². The van der Waals surface area contributed by atoms with Gasteiger partial charge in [0.1, 0.15) is 0 Å². The lowest BCUT2D eigenvalue weighted by molar-refractivity contribution is 0.614. The maximum atomic E-state index is 8.92. The molecule has 2 unspecified atom stereocenters. The van der Waals surface area contributed by atoms with E-state index in [0.29, 0.717) is 18.2 Å². The summed E-state index contributed by atoms with van der Waals surface area (Å²) in [5.41, 5.74) is 1.78. The first-order valence-electron chi connectivity index (χ1n) is 7.24. The molecule has 1 saturated carbocycles. The summed E-state index contributed by atoms with van der Waals surface area (Å²) in [4.78, 5) is 4.28. The standard InChI is InChI=1S/C16H22N4S/c1-18-16(20-14-6-7-15(9-14)21-2)19-11-13-5-3-4-12(8-13)10-17/h3-5,8,14-15H,6-7,9,11H2,1-2H3,(H2,18,19,20). The van der Waals surface area contributed by atoms with Gasteiger partial charge in [-0.3, -0.25) is 4.99 Å². The van der Waals surface area contributed by atoms with Crippen LogP contribution >= 0.6 is 11.8 Å². The van der Waals surface area contributed by atoms with Gasteiger partial charge in [-0.1, -0.05) is 12.1 Å². The summed E-state index contributed by atoms with van der Waals surface area (Å²) in [5, 5.41) is 16.5. The summed E-state index contributed by atoms with van der Waals surface area (Å²) < 4.78 is 0. The molecule has 0 saturated heterocycles. The molecule has 5 heteroatoms. The lowest BCUT2D eigenvalue weighted by Gasteiger charge is -2.17. The second-order valence-electron chi connectivity index (χ2n) is 5.25. The Kier molecular flexibility index (Phi) is 5.94. The molecule has 2 rings (SSSR count). The van der Waals surface area contributed by atoms with Gasteiger partial charge < -0.3 is 10.6 Å². The minimum atomic E-state index is 0.513. The molecular formula is C16H22N4S. The number of nitriles is 1. The molecule has 4 nitrogen and oxygen atoms in total. The Morgan fingerprint density at radius 3 is 3.00 bits per heavy atom. The van der Waals surface area contributed by atoms with E-state index in [0.717, 1.165) is 16.8 Å². The zero-order valence-corrected chi connectivity index (χ0v) is 13.4. The van der Waals surface area contributed by atoms with Crippen molar-refractivity contribution in [1.82, 2.24) is 10.6 Å². The molecule has 0 bridgehead atoms. The van der Waals surface area contributed by atoms with Crippen LogP contribution < -0.4 is 10.6 Å². The van der Waals surface area contributed by atoms with Gasteiger partial charge in [0.05, 0.1) is 11.6 Å². The molecule has 1 aromatic carbocycles. The van der Waals surface area contributed by atoms with Crippen LogP contribution in [-0.4, -0.2) is 30.6 Å². The molecule has 1 aromatic rings. The van der Waals surface area contributed by atoms with Crippen molar-refractivity contribution in [2.75, 3.05) is 13.3 Å². The second kappa shape index (κ2) is 7.94. The summed E-state index contributed by atoms with van der Waals surface area (Å²) >= 11 is 1.95. The van der Waals surface area contributed by atoms with Crippen LogP contribution in [0.2, 0.25) is 0 Å². The van der Waals surface area contributed by atoms with E-state index in [4.69, 9.17) is 5.26 Å². The summed E-state index contributed by atoms with van der Waals surface area (Å²) in [6.45, 7) is 0.674. The van der Waals surface area contributed by atoms with Gasteiger partial charge >= 0.3 is 0 Å². The number of guanidine groups is 1. The molecule has 2 N–H and O–H groups in total. The number of benzene rings is 1. The maximum absolute atomic E-state index is 8.92. The number of nitrogens with zero attached hydrogens (tertiary/aromatic N) is 2. The lowest BCUT2D eigenvalue weighted by Crippen LogP contribution is -2.42. The molecule has 1 aliphatic carbocycles. The first-order valence-corrected chi connectivity index (χ1v) is 8.53. The van der Waals surface area contributed by atoms with Gasteiger partial charge in [0.15, 0.2) is 5.96 Å². The number of aliphatic imine (C=N–C) groups is 1. The van der Waals surface area contributed by atoms with Crippen molar-refractivity contribution in [1.29, 1.82) is 5.26 Å². The van der Waals surface area contributed by atoms with E-state index in [9.17, 15) is 0 Å². The fourth-order valence-electron chi connectivity index (χ4n) is 2.61. The summed E-state index contributed by atoms with van der Waals surface area (Å²) in [6.07, 6.45) is 5.87. The van der Waals surface area contributed by atoms with E-state index in [2.05, 4.69) is 28.0 Å². The van der Waals surface area contributed by atoms with Crippen LogP contribution in [0.4, 0.5) is 0 Å². The zero-order chi connectivity index (χ0) is 15.1. The topological polar surface area (TPSA) is 60.2 Å². The van der Waals surface area contributed by atoms with Gasteiger partial charge in [-0.25, -0.2) is 0 Å². The Labute approximate surface area is 131 Å². The predicted molar refractivity (Wildman–Crippen MR) is 89.4 cm³/mol. The van der Waals surface area contributed by atoms with Crippen molar-refractivity contribution in [3.05, 3.63) is 35.4 Å². The van der Waals surface area contributed by atoms with E-state index in [1.807, 2.05) is 36.0 Å². The smallest absolute Gasteiger partial charge is 0.191 e. The molecule has 2 atom stereocenters. The van der Waals surface area contributed by atoms with Crippen molar-refractivity contribution in [3.8, 4) is 6.07 Å². The van der Waals surface area contributed by atoms with Crippen LogP contribution in [0.1, 0.15) is 30.4 Å². The number of rotatable bonds is 4. The van der Waals surface area contributed by atoms with Crippen LogP contribution in [0.15, 0.2) is 29.3 Å². The van der Waals surface area contributed by atoms with E-state index < -0.39 is 0 Å². The normalized spacial score (nSPS) is 21.9. The van der Waals surface area contributed by atoms with Crippen LogP contribution in [0.5, 0.6) is 0 Å². The van der Waals surface area contributed by atoms with Crippen molar-refractivity contribution in [3.63, 3.8) is 0 Å². The molecule has 0 aromatic heterocycles. The Morgan fingerprint density at radius 2 is 2.33 bits per heavy atom. The third kappa shape index (κ3) is 4.68. The van der Waals surface area contributed by atoms with Crippen molar-refractivity contribution >= 4 is 17.7 Å². The average Bonchev–Trinajstić information content (AvgIpc) is 2.99. The summed E-state index contributed by atoms with van der Waals surface area (Å²) in [7, 11) is 1.79. The summed E-state index contributed by atoms with van der Waals surface area (Å²) in [5.74, 6) is 0.837. The zero-order valence-electron chi connectivity index (χ0n) is 12.6. The highest BCUT2D eigenvalue weighted by atomic mass is 32.2. The monoisotopic (exact) mass is 302 g/mol. The van der Waals surface area contributed by atoms with E-state index in [1.165, 1.54) is 19.3 Å². The Morgan fingerprint density at radius 1 is 1.48 bits per heavy atom. The molecule has 0 spiro atoms. The molecule has 0 aliphatic heterocycles. The number of hydrogen-bond acceptors (Lipinski definition) is 3. The average molecular weight is 302 g/mol. The maximum Gasteiger partial charge on any atom is 0.191 e. The van der Waals surface area contributed by atoms with Crippen molar-refractivity contribution < 1.29 is 0 Å². The lowest BCUT2D eigenvalue weighted by atomic mass is 10.1. The van der Waals surface area contributed by atoms with Crippen LogP contribution in [0.3, 0.4) is 0 Å². The number of thioether (sulfide) groups is 1. The first-order chi connectivity index (χ1) is 10.2. The highest BCUT2D eigenvalue weighted by Gasteiger charge is 2.24. The molecule has 0 heterocycles. The van der Waals surface area contributed by atoms with Gasteiger partial charge in [0, 0.05) is 24.9 Å². The third-order valence-electron chi connectivity index (χ3n) is 3.80. The molecular weight excluding hydrogens is 280 g/mol. The Bertz CT molecular complexity index is 535. The fraction of sp³-hybridized carbons (Fsp3) is 0.500. The SMILES string of the molecule is CN=C(NCc1cccc(C#N)c1)NC1CCC(SC)C1. The van der Waals surface area contributed by atoms with E-state index >= 15 is 0 Å². The van der Waals surface area contributed by atoms with Gasteiger partial charge in [-0.15, -0.1) is 0 Å². The number of hydrogen-bond donors (Lipinski definition) is 2.